The summed E-state index contributed by atoms with van der Waals surface area (Å²) in [4.78, 5) is 16.2. The van der Waals surface area contributed by atoms with Crippen LogP contribution in [0, 0.1) is 11.7 Å². The molecule has 2 aliphatic heterocycles. The van der Waals surface area contributed by atoms with Gasteiger partial charge in [0.2, 0.25) is 0 Å². The number of nitrogens with zero attached hydrogens (tertiary/aromatic N) is 1. The highest BCUT2D eigenvalue weighted by Crippen LogP contribution is 2.47. The molecule has 25 heavy (non-hydrogen) atoms. The second-order valence-corrected chi connectivity index (χ2v) is 6.50. The normalized spacial score (nSPS) is 24.8. The number of halogens is 3. The molecule has 5 rings (SSSR count). The maximum Gasteiger partial charge on any atom is 0.290 e. The number of aromatic nitrogens is 1. The average molecular weight is 351 g/mol. The Bertz CT molecular complexity index is 794. The minimum Gasteiger partial charge on any atom is -0.447 e. The minimum absolute atomic E-state index is 0.0402. The lowest BCUT2D eigenvalue weighted by Crippen LogP contribution is -2.38. The van der Waals surface area contributed by atoms with Gasteiger partial charge in [-0.2, -0.15) is 8.78 Å². The molecular weight excluding hydrogens is 335 g/mol. The largest absolute Gasteiger partial charge is 0.447 e. The van der Waals surface area contributed by atoms with Gasteiger partial charge in [0.05, 0.1) is 6.54 Å². The molecule has 8 heteroatoms. The van der Waals surface area contributed by atoms with Crippen molar-refractivity contribution < 1.29 is 22.4 Å². The standard InChI is InChI=1S/C17H16F3N3O2/c18-11-3-1-2-10(5-11)17(19,20)7-22-16(24)14-15(25-8-23-14)13-9-4-12(13)21-6-9/h1-3,5,8-9,12-13,21H,4,6-7H2,(H,22,24). The first-order valence-corrected chi connectivity index (χ1v) is 8.04. The Labute approximate surface area is 141 Å². The van der Waals surface area contributed by atoms with Crippen molar-refractivity contribution in [1.29, 1.82) is 0 Å². The van der Waals surface area contributed by atoms with Gasteiger partial charge < -0.3 is 15.1 Å². The van der Waals surface area contributed by atoms with Crippen molar-refractivity contribution in [3.63, 3.8) is 0 Å². The van der Waals surface area contributed by atoms with E-state index < -0.39 is 29.8 Å². The highest BCUT2D eigenvalue weighted by atomic mass is 19.3. The maximum absolute atomic E-state index is 14.2. The Balaban J connectivity index is 1.45. The monoisotopic (exact) mass is 351 g/mol. The molecule has 132 valence electrons. The summed E-state index contributed by atoms with van der Waals surface area (Å²) in [5.74, 6) is -3.97. The smallest absolute Gasteiger partial charge is 0.290 e. The van der Waals surface area contributed by atoms with Crippen LogP contribution >= 0.6 is 0 Å². The minimum atomic E-state index is -3.39. The molecule has 1 aromatic heterocycles. The highest BCUT2D eigenvalue weighted by Gasteiger charge is 2.50. The van der Waals surface area contributed by atoms with Crippen LogP contribution < -0.4 is 10.6 Å². The predicted octanol–water partition coefficient (Wildman–Crippen LogP) is 2.41. The SMILES string of the molecule is O=C(NCC(F)(F)c1cccc(F)c1)c1ncoc1C1C2CNC1C2. The van der Waals surface area contributed by atoms with Crippen molar-refractivity contribution in [1.82, 2.24) is 15.6 Å². The van der Waals surface area contributed by atoms with Crippen molar-refractivity contribution in [2.75, 3.05) is 13.1 Å². The van der Waals surface area contributed by atoms with Crippen LogP contribution in [0.25, 0.3) is 0 Å². The van der Waals surface area contributed by atoms with Crippen molar-refractivity contribution in [3.05, 3.63) is 53.5 Å². The Morgan fingerprint density at radius 2 is 2.28 bits per heavy atom. The molecule has 3 heterocycles. The van der Waals surface area contributed by atoms with Crippen LogP contribution in [0.3, 0.4) is 0 Å². The average Bonchev–Trinajstić information content (AvgIpc) is 3.29. The van der Waals surface area contributed by atoms with Crippen molar-refractivity contribution in [2.45, 2.75) is 24.3 Å². The fourth-order valence-corrected chi connectivity index (χ4v) is 3.63. The van der Waals surface area contributed by atoms with E-state index in [4.69, 9.17) is 4.42 Å². The number of alkyl halides is 2. The van der Waals surface area contributed by atoms with Crippen LogP contribution in [-0.2, 0) is 5.92 Å². The third kappa shape index (κ3) is 2.80. The van der Waals surface area contributed by atoms with Crippen LogP contribution in [0.4, 0.5) is 13.2 Å². The van der Waals surface area contributed by atoms with Crippen molar-refractivity contribution in [2.24, 2.45) is 5.92 Å². The van der Waals surface area contributed by atoms with Gasteiger partial charge in [-0.25, -0.2) is 9.37 Å². The highest BCUT2D eigenvalue weighted by molar-refractivity contribution is 5.93. The van der Waals surface area contributed by atoms with Gasteiger partial charge in [-0.3, -0.25) is 4.79 Å². The second kappa shape index (κ2) is 5.87. The summed E-state index contributed by atoms with van der Waals surface area (Å²) in [5.41, 5.74) is -0.451. The third-order valence-electron chi connectivity index (χ3n) is 4.97. The van der Waals surface area contributed by atoms with Gasteiger partial charge in [-0.15, -0.1) is 0 Å². The quantitative estimate of drug-likeness (QED) is 0.868. The molecule has 1 amide bonds. The van der Waals surface area contributed by atoms with E-state index in [0.717, 1.165) is 37.6 Å². The van der Waals surface area contributed by atoms with Gasteiger partial charge in [0, 0.05) is 17.5 Å². The molecule has 1 aromatic carbocycles. The zero-order chi connectivity index (χ0) is 17.6. The summed E-state index contributed by atoms with van der Waals surface area (Å²) in [7, 11) is 0. The molecule has 5 nitrogen and oxygen atoms in total. The molecular formula is C17H16F3N3O2. The topological polar surface area (TPSA) is 67.2 Å². The van der Waals surface area contributed by atoms with Gasteiger partial charge in [-0.05, 0) is 31.0 Å². The van der Waals surface area contributed by atoms with Crippen LogP contribution in [0.15, 0.2) is 35.1 Å². The van der Waals surface area contributed by atoms with E-state index in [2.05, 4.69) is 15.6 Å². The van der Waals surface area contributed by atoms with Gasteiger partial charge >= 0.3 is 0 Å². The molecule has 1 saturated carbocycles. The predicted molar refractivity (Wildman–Crippen MR) is 81.8 cm³/mol. The maximum atomic E-state index is 14.2. The Morgan fingerprint density at radius 3 is 2.96 bits per heavy atom. The first kappa shape index (κ1) is 16.1. The van der Waals surface area contributed by atoms with Gasteiger partial charge in [0.1, 0.15) is 11.6 Å². The number of carbonyl (C=O) groups is 1. The summed E-state index contributed by atoms with van der Waals surface area (Å²) < 4.78 is 46.8. The number of nitrogens with one attached hydrogen (secondary N) is 2. The van der Waals surface area contributed by atoms with Gasteiger partial charge in [0.15, 0.2) is 12.1 Å². The van der Waals surface area contributed by atoms with Gasteiger partial charge in [0.25, 0.3) is 11.8 Å². The summed E-state index contributed by atoms with van der Waals surface area (Å²) in [6.07, 6.45) is 2.18. The first-order chi connectivity index (χ1) is 12.0. The molecule has 2 N–H and O–H groups in total. The number of hydrogen-bond acceptors (Lipinski definition) is 4. The molecule has 0 radical (unpaired) electrons. The number of oxazole rings is 1. The number of amides is 1. The lowest BCUT2D eigenvalue weighted by molar-refractivity contribution is -0.00283. The lowest BCUT2D eigenvalue weighted by Gasteiger charge is -2.32. The molecule has 2 saturated heterocycles. The summed E-state index contributed by atoms with van der Waals surface area (Å²) in [6, 6.07) is 4.41. The lowest BCUT2D eigenvalue weighted by atomic mass is 9.72. The van der Waals surface area contributed by atoms with Crippen molar-refractivity contribution >= 4 is 5.91 Å². The molecule has 3 atom stereocenters. The van der Waals surface area contributed by atoms with E-state index in [-0.39, 0.29) is 17.7 Å². The molecule has 0 spiro atoms. The number of fused-ring (bicyclic) bond motifs is 1. The van der Waals surface area contributed by atoms with E-state index in [0.29, 0.717) is 11.7 Å². The summed E-state index contributed by atoms with van der Waals surface area (Å²) in [6.45, 7) is -0.0912. The zero-order valence-electron chi connectivity index (χ0n) is 13.1. The molecule has 3 fully saturated rings. The fraction of sp³-hybridized carbons (Fsp3) is 0.412. The molecule has 3 aliphatic rings. The van der Waals surface area contributed by atoms with Crippen molar-refractivity contribution in [3.8, 4) is 0 Å². The van der Waals surface area contributed by atoms with Crippen LogP contribution in [0.1, 0.15) is 34.2 Å². The molecule has 3 unspecified atom stereocenters. The number of rotatable bonds is 5. The summed E-state index contributed by atoms with van der Waals surface area (Å²) >= 11 is 0. The number of carbonyl (C=O) groups excluding carboxylic acids is 1. The second-order valence-electron chi connectivity index (χ2n) is 6.50. The Kier molecular flexibility index (Phi) is 3.79. The Hall–Kier alpha value is -2.35. The first-order valence-electron chi connectivity index (χ1n) is 8.04. The van der Waals surface area contributed by atoms with E-state index in [9.17, 15) is 18.0 Å². The number of benzene rings is 1. The molecule has 2 aromatic rings. The fourth-order valence-electron chi connectivity index (χ4n) is 3.63. The molecule has 1 aliphatic carbocycles. The van der Waals surface area contributed by atoms with E-state index in [1.165, 1.54) is 6.07 Å². The third-order valence-corrected chi connectivity index (χ3v) is 4.97. The van der Waals surface area contributed by atoms with Crippen LogP contribution in [0.2, 0.25) is 0 Å². The Morgan fingerprint density at radius 1 is 1.44 bits per heavy atom. The summed E-state index contributed by atoms with van der Waals surface area (Å²) in [5, 5.41) is 5.49. The van der Waals surface area contributed by atoms with E-state index in [1.54, 1.807) is 0 Å². The van der Waals surface area contributed by atoms with Crippen LogP contribution in [0.5, 0.6) is 0 Å². The molecule has 2 bridgehead atoms. The van der Waals surface area contributed by atoms with E-state index in [1.807, 2.05) is 0 Å². The van der Waals surface area contributed by atoms with Gasteiger partial charge in [-0.1, -0.05) is 12.1 Å². The van der Waals surface area contributed by atoms with Crippen LogP contribution in [-0.4, -0.2) is 30.0 Å². The zero-order valence-corrected chi connectivity index (χ0v) is 13.1. The van der Waals surface area contributed by atoms with E-state index >= 15 is 0 Å². The number of hydrogen-bond donors (Lipinski definition) is 2.